The van der Waals surface area contributed by atoms with Gasteiger partial charge in [0.2, 0.25) is 0 Å². The largest absolute Gasteiger partial charge is 0.480 e. The van der Waals surface area contributed by atoms with Crippen LogP contribution >= 0.6 is 11.6 Å². The number of halogens is 1. The van der Waals surface area contributed by atoms with Crippen molar-refractivity contribution in [2.75, 3.05) is 6.61 Å². The number of aliphatic carboxylic acids is 1. The lowest BCUT2D eigenvalue weighted by atomic mass is 9.75. The van der Waals surface area contributed by atoms with Gasteiger partial charge in [-0.05, 0) is 30.2 Å². The van der Waals surface area contributed by atoms with Gasteiger partial charge in [-0.1, -0.05) is 54.1 Å². The number of carbonyl (C=O) groups is 2. The minimum Gasteiger partial charge on any atom is -0.480 e. The maximum atomic E-state index is 12.6. The van der Waals surface area contributed by atoms with Crippen molar-refractivity contribution in [1.29, 1.82) is 0 Å². The van der Waals surface area contributed by atoms with Gasteiger partial charge in [0.15, 0.2) is 5.41 Å². The molecule has 0 aliphatic rings. The summed E-state index contributed by atoms with van der Waals surface area (Å²) < 4.78 is 5.07. The van der Waals surface area contributed by atoms with Gasteiger partial charge >= 0.3 is 11.9 Å². The molecule has 1 unspecified atom stereocenters. The predicted octanol–water partition coefficient (Wildman–Crippen LogP) is 3.47. The molecule has 0 aliphatic heterocycles. The Kier molecular flexibility index (Phi) is 5.40. The fraction of sp³-hybridized carbons (Fsp3) is 0.222. The summed E-state index contributed by atoms with van der Waals surface area (Å²) in [6.45, 7) is 1.74. The van der Waals surface area contributed by atoms with Gasteiger partial charge in [-0.3, -0.25) is 9.59 Å². The first kappa shape index (κ1) is 17.0. The molecule has 1 N–H and O–H groups in total. The zero-order chi connectivity index (χ0) is 16.9. The summed E-state index contributed by atoms with van der Waals surface area (Å²) in [5.74, 6) is -2.05. The normalized spacial score (nSPS) is 13.1. The molecule has 5 heteroatoms. The Hall–Kier alpha value is -2.33. The maximum Gasteiger partial charge on any atom is 0.328 e. The van der Waals surface area contributed by atoms with Crippen LogP contribution in [0.15, 0.2) is 54.6 Å². The highest BCUT2D eigenvalue weighted by atomic mass is 35.5. The van der Waals surface area contributed by atoms with Crippen LogP contribution in [0.1, 0.15) is 18.1 Å². The summed E-state index contributed by atoms with van der Waals surface area (Å²) in [5, 5.41) is 10.2. The quantitative estimate of drug-likeness (QED) is 0.650. The average Bonchev–Trinajstić information content (AvgIpc) is 2.53. The van der Waals surface area contributed by atoms with Crippen molar-refractivity contribution in [2.45, 2.75) is 18.8 Å². The molecule has 0 spiro atoms. The monoisotopic (exact) mass is 332 g/mol. The Morgan fingerprint density at radius 1 is 1.13 bits per heavy atom. The van der Waals surface area contributed by atoms with Gasteiger partial charge in [-0.25, -0.2) is 0 Å². The van der Waals surface area contributed by atoms with Crippen molar-refractivity contribution >= 4 is 23.5 Å². The Morgan fingerprint density at radius 2 is 1.83 bits per heavy atom. The van der Waals surface area contributed by atoms with Crippen molar-refractivity contribution in [2.24, 2.45) is 0 Å². The first-order chi connectivity index (χ1) is 11.0. The van der Waals surface area contributed by atoms with Gasteiger partial charge in [0.1, 0.15) is 0 Å². The molecule has 2 aromatic rings. The lowest BCUT2D eigenvalue weighted by Crippen LogP contribution is -2.47. The van der Waals surface area contributed by atoms with Gasteiger partial charge in [0, 0.05) is 11.4 Å². The number of benzene rings is 2. The van der Waals surface area contributed by atoms with E-state index in [4.69, 9.17) is 16.3 Å². The van der Waals surface area contributed by atoms with E-state index in [9.17, 15) is 14.7 Å². The molecule has 0 amide bonds. The summed E-state index contributed by atoms with van der Waals surface area (Å²) in [7, 11) is 0. The van der Waals surface area contributed by atoms with Crippen LogP contribution in [0.2, 0.25) is 5.02 Å². The molecule has 120 valence electrons. The summed E-state index contributed by atoms with van der Waals surface area (Å²) in [5.41, 5.74) is -0.801. The van der Waals surface area contributed by atoms with E-state index in [-0.39, 0.29) is 13.0 Å². The topological polar surface area (TPSA) is 63.6 Å². The average molecular weight is 333 g/mol. The highest BCUT2D eigenvalue weighted by Gasteiger charge is 2.49. The Bertz CT molecular complexity index is 699. The minimum atomic E-state index is -1.83. The number of carboxylic acid groups (broad SMARTS) is 1. The molecule has 2 rings (SSSR count). The number of hydrogen-bond donors (Lipinski definition) is 1. The molecular weight excluding hydrogens is 316 g/mol. The molecule has 0 saturated heterocycles. The second-order valence-electron chi connectivity index (χ2n) is 5.10. The van der Waals surface area contributed by atoms with E-state index >= 15 is 0 Å². The third kappa shape index (κ3) is 3.54. The van der Waals surface area contributed by atoms with Gasteiger partial charge in [-0.2, -0.15) is 0 Å². The van der Waals surface area contributed by atoms with Gasteiger partial charge in [0.05, 0.1) is 6.61 Å². The van der Waals surface area contributed by atoms with E-state index in [1.165, 1.54) is 6.07 Å². The number of carboxylic acids is 1. The molecule has 2 aromatic carbocycles. The number of ether oxygens (including phenoxy) is 1. The molecule has 0 fully saturated rings. The van der Waals surface area contributed by atoms with Crippen molar-refractivity contribution in [3.63, 3.8) is 0 Å². The third-order valence-electron chi connectivity index (χ3n) is 3.62. The van der Waals surface area contributed by atoms with Gasteiger partial charge in [0.25, 0.3) is 0 Å². The molecule has 0 aromatic heterocycles. The van der Waals surface area contributed by atoms with Crippen LogP contribution in [0.5, 0.6) is 0 Å². The van der Waals surface area contributed by atoms with Crippen LogP contribution in [-0.2, 0) is 26.2 Å². The Balaban J connectivity index is 2.60. The standard InChI is InChI=1S/C18H17ClO4/c1-2-23-17(22)18(16(20)21,12-13-7-4-3-5-8-13)14-9-6-10-15(19)11-14/h3-11H,2,12H2,1H3,(H,20,21). The van der Waals surface area contributed by atoms with Crippen molar-refractivity contribution < 1.29 is 19.4 Å². The first-order valence-electron chi connectivity index (χ1n) is 7.21. The van der Waals surface area contributed by atoms with Crippen molar-refractivity contribution in [1.82, 2.24) is 0 Å². The molecule has 4 nitrogen and oxygen atoms in total. The van der Waals surface area contributed by atoms with Crippen LogP contribution in [-0.4, -0.2) is 23.7 Å². The lowest BCUT2D eigenvalue weighted by Gasteiger charge is -2.28. The van der Waals surface area contributed by atoms with E-state index < -0.39 is 17.4 Å². The summed E-state index contributed by atoms with van der Waals surface area (Å²) in [6, 6.07) is 15.3. The zero-order valence-electron chi connectivity index (χ0n) is 12.7. The second kappa shape index (κ2) is 7.29. The molecule has 0 heterocycles. The second-order valence-corrected chi connectivity index (χ2v) is 5.54. The number of rotatable bonds is 6. The van der Waals surface area contributed by atoms with E-state index in [0.29, 0.717) is 10.6 Å². The van der Waals surface area contributed by atoms with Crippen LogP contribution in [0.25, 0.3) is 0 Å². The molecule has 0 aliphatic carbocycles. The van der Waals surface area contributed by atoms with Crippen molar-refractivity contribution in [3.8, 4) is 0 Å². The maximum absolute atomic E-state index is 12.6. The van der Waals surface area contributed by atoms with Gasteiger partial charge < -0.3 is 9.84 Å². The summed E-state index contributed by atoms with van der Waals surface area (Å²) >= 11 is 6.00. The molecule has 0 bridgehead atoms. The van der Waals surface area contributed by atoms with Crippen LogP contribution < -0.4 is 0 Å². The summed E-state index contributed by atoms with van der Waals surface area (Å²) in [4.78, 5) is 24.7. The SMILES string of the molecule is CCOC(=O)C(Cc1ccccc1)(C(=O)O)c1cccc(Cl)c1. The summed E-state index contributed by atoms with van der Waals surface area (Å²) in [6.07, 6.45) is -0.0116. The Labute approximate surface area is 139 Å². The highest BCUT2D eigenvalue weighted by molar-refractivity contribution is 6.30. The minimum absolute atomic E-state index is 0.0116. The molecule has 0 radical (unpaired) electrons. The molecule has 23 heavy (non-hydrogen) atoms. The van der Waals surface area contributed by atoms with E-state index in [1.54, 1.807) is 49.4 Å². The van der Waals surface area contributed by atoms with Gasteiger partial charge in [-0.15, -0.1) is 0 Å². The van der Waals surface area contributed by atoms with Crippen molar-refractivity contribution in [3.05, 3.63) is 70.7 Å². The fourth-order valence-corrected chi connectivity index (χ4v) is 2.68. The van der Waals surface area contributed by atoms with E-state index in [0.717, 1.165) is 5.56 Å². The first-order valence-corrected chi connectivity index (χ1v) is 7.59. The molecule has 1 atom stereocenters. The molecule has 0 saturated carbocycles. The highest BCUT2D eigenvalue weighted by Crippen LogP contribution is 2.32. The van der Waals surface area contributed by atoms with Crippen LogP contribution in [0.3, 0.4) is 0 Å². The Morgan fingerprint density at radius 3 is 2.39 bits per heavy atom. The molecular formula is C18H17ClO4. The van der Waals surface area contributed by atoms with Crippen LogP contribution in [0.4, 0.5) is 0 Å². The van der Waals surface area contributed by atoms with E-state index in [1.807, 2.05) is 6.07 Å². The fourth-order valence-electron chi connectivity index (χ4n) is 2.49. The number of carbonyl (C=O) groups excluding carboxylic acids is 1. The predicted molar refractivity (Wildman–Crippen MR) is 87.5 cm³/mol. The number of esters is 1. The third-order valence-corrected chi connectivity index (χ3v) is 3.85. The number of hydrogen-bond acceptors (Lipinski definition) is 3. The smallest absolute Gasteiger partial charge is 0.328 e. The van der Waals surface area contributed by atoms with E-state index in [2.05, 4.69) is 0 Å². The van der Waals surface area contributed by atoms with Crippen LogP contribution in [0, 0.1) is 0 Å². The zero-order valence-corrected chi connectivity index (χ0v) is 13.4. The lowest BCUT2D eigenvalue weighted by molar-refractivity contribution is -0.161.